The van der Waals surface area contributed by atoms with Crippen molar-refractivity contribution in [3.63, 3.8) is 0 Å². The van der Waals surface area contributed by atoms with E-state index in [9.17, 15) is 0 Å². The monoisotopic (exact) mass is 716 g/mol. The third-order valence-electron chi connectivity index (χ3n) is 11.6. The summed E-state index contributed by atoms with van der Waals surface area (Å²) in [5.74, 6) is 0.705. The van der Waals surface area contributed by atoms with E-state index in [-0.39, 0.29) is 5.41 Å². The minimum Gasteiger partial charge on any atom is -0.308 e. The van der Waals surface area contributed by atoms with Crippen molar-refractivity contribution in [2.24, 2.45) is 0 Å². The molecular weight excluding hydrogens is 681 g/mol. The first kappa shape index (κ1) is 32.3. The van der Waals surface area contributed by atoms with Gasteiger partial charge in [0.15, 0.2) is 5.82 Å². The number of fused-ring (bicyclic) bond motifs is 8. The predicted molar refractivity (Wildman–Crippen MR) is 231 cm³/mol. The fourth-order valence-electron chi connectivity index (χ4n) is 8.86. The number of hydrogen-bond acceptors (Lipinski definition) is 3. The molecule has 0 radical (unpaired) electrons. The van der Waals surface area contributed by atoms with E-state index < -0.39 is 0 Å². The van der Waals surface area contributed by atoms with Gasteiger partial charge in [0.25, 0.3) is 0 Å². The second kappa shape index (κ2) is 12.4. The lowest BCUT2D eigenvalue weighted by atomic mass is 9.82. The lowest BCUT2D eigenvalue weighted by Gasteiger charge is -2.22. The number of nitrogens with zero attached hydrogens (tertiary/aromatic N) is 4. The first-order valence-electron chi connectivity index (χ1n) is 19.2. The van der Waals surface area contributed by atoms with E-state index in [2.05, 4.69) is 182 Å². The number of hydrogen-bond donors (Lipinski definition) is 0. The normalized spacial score (nSPS) is 13.0. The highest BCUT2D eigenvalue weighted by Gasteiger charge is 2.35. The molecule has 4 heteroatoms. The number of para-hydroxylation sites is 3. The van der Waals surface area contributed by atoms with Gasteiger partial charge in [-0.05, 0) is 58.7 Å². The first-order valence-corrected chi connectivity index (χ1v) is 19.2. The molecule has 4 nitrogen and oxygen atoms in total. The van der Waals surface area contributed by atoms with Crippen molar-refractivity contribution >= 4 is 32.7 Å². The van der Waals surface area contributed by atoms with Crippen LogP contribution in [-0.4, -0.2) is 19.5 Å². The Balaban J connectivity index is 1.07. The summed E-state index contributed by atoms with van der Waals surface area (Å²) in [6.07, 6.45) is 0. The highest BCUT2D eigenvalue weighted by molar-refractivity contribution is 6.22. The molecule has 0 amide bonds. The van der Waals surface area contributed by atoms with Crippen LogP contribution in [-0.2, 0) is 5.41 Å². The van der Waals surface area contributed by atoms with Gasteiger partial charge in [-0.1, -0.05) is 159 Å². The summed E-state index contributed by atoms with van der Waals surface area (Å²) in [5.41, 5.74) is 16.5. The average molecular weight is 717 g/mol. The molecule has 0 unspecified atom stereocenters. The van der Waals surface area contributed by atoms with E-state index in [4.69, 9.17) is 15.0 Å². The van der Waals surface area contributed by atoms with Crippen LogP contribution in [0.5, 0.6) is 0 Å². The van der Waals surface area contributed by atoms with Crippen LogP contribution in [0, 0.1) is 0 Å². The summed E-state index contributed by atoms with van der Waals surface area (Å²) in [6, 6.07) is 64.5. The standard InChI is InChI=1S/C52H36N4/c1-52(2)42-22-12-9-19-38(42)39-30-29-36(31-43(39)52)46-32-45(54-51(55-46)35-15-5-3-6-16-35)33-25-27-34(28-26-33)49-48-41-21-11-14-24-47(41)56(37-17-7-4-8-18-37)50(48)40-20-10-13-23-44(40)53-49/h3-32H,1-2H3. The summed E-state index contributed by atoms with van der Waals surface area (Å²) in [4.78, 5) is 15.7. The predicted octanol–water partition coefficient (Wildman–Crippen LogP) is 13.1. The Labute approximate surface area is 325 Å². The minimum absolute atomic E-state index is 0.106. The lowest BCUT2D eigenvalue weighted by molar-refractivity contribution is 0.660. The second-order valence-corrected chi connectivity index (χ2v) is 15.2. The topological polar surface area (TPSA) is 43.6 Å². The van der Waals surface area contributed by atoms with Gasteiger partial charge in [0.2, 0.25) is 0 Å². The molecule has 0 atom stereocenters. The maximum Gasteiger partial charge on any atom is 0.160 e. The van der Waals surface area contributed by atoms with E-state index in [1.807, 2.05) is 18.2 Å². The number of benzene rings is 7. The molecule has 0 N–H and O–H groups in total. The molecule has 0 bridgehead atoms. The summed E-state index contributed by atoms with van der Waals surface area (Å²) in [5, 5.41) is 3.45. The number of aromatic nitrogens is 4. The molecule has 0 saturated carbocycles. The smallest absolute Gasteiger partial charge is 0.160 e. The largest absolute Gasteiger partial charge is 0.308 e. The second-order valence-electron chi connectivity index (χ2n) is 15.2. The van der Waals surface area contributed by atoms with Crippen molar-refractivity contribution in [2.45, 2.75) is 19.3 Å². The van der Waals surface area contributed by atoms with E-state index in [1.165, 1.54) is 27.6 Å². The highest BCUT2D eigenvalue weighted by Crippen LogP contribution is 2.49. The van der Waals surface area contributed by atoms with Gasteiger partial charge in [0, 0.05) is 49.5 Å². The molecule has 10 aromatic rings. The van der Waals surface area contributed by atoms with Crippen LogP contribution in [0.15, 0.2) is 182 Å². The van der Waals surface area contributed by atoms with E-state index in [1.54, 1.807) is 0 Å². The quantitative estimate of drug-likeness (QED) is 0.178. The summed E-state index contributed by atoms with van der Waals surface area (Å²) < 4.78 is 2.39. The molecule has 0 fully saturated rings. The highest BCUT2D eigenvalue weighted by atomic mass is 15.0. The Morgan fingerprint density at radius 3 is 1.86 bits per heavy atom. The van der Waals surface area contributed by atoms with Gasteiger partial charge in [0.05, 0.1) is 33.6 Å². The molecule has 0 spiro atoms. The van der Waals surface area contributed by atoms with E-state index in [0.29, 0.717) is 5.82 Å². The van der Waals surface area contributed by atoms with Crippen molar-refractivity contribution in [1.29, 1.82) is 0 Å². The molecule has 3 aromatic heterocycles. The van der Waals surface area contributed by atoms with Crippen LogP contribution in [0.1, 0.15) is 25.0 Å². The Bertz CT molecular complexity index is 3140. The molecule has 0 saturated heterocycles. The van der Waals surface area contributed by atoms with Gasteiger partial charge >= 0.3 is 0 Å². The van der Waals surface area contributed by atoms with Crippen molar-refractivity contribution < 1.29 is 0 Å². The fourth-order valence-corrected chi connectivity index (χ4v) is 8.86. The van der Waals surface area contributed by atoms with Crippen LogP contribution in [0.3, 0.4) is 0 Å². The first-order chi connectivity index (χ1) is 27.5. The Kier molecular flexibility index (Phi) is 7.17. The van der Waals surface area contributed by atoms with Crippen LogP contribution < -0.4 is 0 Å². The SMILES string of the molecule is CC1(C)c2ccccc2-c2ccc(-c3cc(-c4ccc(-c5nc6ccccc6c6c5c5ccccc5n6-c5ccccc5)cc4)nc(-c4ccccc4)n3)cc21. The molecule has 11 rings (SSSR count). The van der Waals surface area contributed by atoms with Gasteiger partial charge in [-0.25, -0.2) is 15.0 Å². The zero-order valence-electron chi connectivity index (χ0n) is 31.1. The maximum absolute atomic E-state index is 5.36. The number of rotatable bonds is 5. The minimum atomic E-state index is -0.106. The Hall–Kier alpha value is -7.17. The number of pyridine rings is 1. The Morgan fingerprint density at radius 2 is 1.05 bits per heavy atom. The zero-order chi connectivity index (χ0) is 37.4. The molecule has 3 heterocycles. The lowest BCUT2D eigenvalue weighted by Crippen LogP contribution is -2.14. The van der Waals surface area contributed by atoms with Gasteiger partial charge < -0.3 is 4.57 Å². The zero-order valence-corrected chi connectivity index (χ0v) is 31.1. The Morgan fingerprint density at radius 1 is 0.446 bits per heavy atom. The van der Waals surface area contributed by atoms with Crippen LogP contribution in [0.2, 0.25) is 0 Å². The third-order valence-corrected chi connectivity index (χ3v) is 11.6. The van der Waals surface area contributed by atoms with Gasteiger partial charge in [-0.15, -0.1) is 0 Å². The summed E-state index contributed by atoms with van der Waals surface area (Å²) in [6.45, 7) is 4.64. The van der Waals surface area contributed by atoms with Crippen LogP contribution >= 0.6 is 0 Å². The average Bonchev–Trinajstić information content (AvgIpc) is 3.73. The van der Waals surface area contributed by atoms with Crippen molar-refractivity contribution in [2.75, 3.05) is 0 Å². The summed E-state index contributed by atoms with van der Waals surface area (Å²) >= 11 is 0. The molecule has 56 heavy (non-hydrogen) atoms. The van der Waals surface area contributed by atoms with Crippen molar-refractivity contribution in [3.8, 4) is 62.0 Å². The van der Waals surface area contributed by atoms with Crippen LogP contribution in [0.4, 0.5) is 0 Å². The summed E-state index contributed by atoms with van der Waals surface area (Å²) in [7, 11) is 0. The van der Waals surface area contributed by atoms with Crippen LogP contribution in [0.25, 0.3) is 94.7 Å². The molecular formula is C52H36N4. The maximum atomic E-state index is 5.36. The molecule has 0 aliphatic heterocycles. The van der Waals surface area contributed by atoms with Gasteiger partial charge in [-0.2, -0.15) is 0 Å². The molecule has 264 valence electrons. The van der Waals surface area contributed by atoms with Gasteiger partial charge in [-0.3, -0.25) is 0 Å². The van der Waals surface area contributed by atoms with Gasteiger partial charge in [0.1, 0.15) is 0 Å². The molecule has 7 aromatic carbocycles. The van der Waals surface area contributed by atoms with E-state index >= 15 is 0 Å². The fraction of sp³-hybridized carbons (Fsp3) is 0.0577. The third kappa shape index (κ3) is 4.96. The van der Waals surface area contributed by atoms with Crippen molar-refractivity contribution in [3.05, 3.63) is 193 Å². The molecule has 1 aliphatic rings. The molecule has 1 aliphatic carbocycles. The van der Waals surface area contributed by atoms with E-state index in [0.717, 1.165) is 72.3 Å². The van der Waals surface area contributed by atoms with Crippen molar-refractivity contribution in [1.82, 2.24) is 19.5 Å².